The van der Waals surface area contributed by atoms with Crippen molar-refractivity contribution in [1.82, 2.24) is 9.55 Å². The minimum atomic E-state index is -1.35. The van der Waals surface area contributed by atoms with E-state index in [-0.39, 0.29) is 24.5 Å². The van der Waals surface area contributed by atoms with E-state index in [9.17, 15) is 24.3 Å². The summed E-state index contributed by atoms with van der Waals surface area (Å²) in [5, 5.41) is 10.6. The van der Waals surface area contributed by atoms with Gasteiger partial charge in [-0.15, -0.1) is 0 Å². The van der Waals surface area contributed by atoms with Gasteiger partial charge in [-0.05, 0) is 19.3 Å². The van der Waals surface area contributed by atoms with Gasteiger partial charge < -0.3 is 20.5 Å². The standard InChI is InChI=1S/C15H24N4O5/c1-3-5-9-18(10(20)6-7-11(21)22)12-13(16)19(8-4-2)15(24)17-14(12)23/h3-9,16H2,1-2H3,(H,21,22)(H,17,23,24)/p-1. The predicted molar refractivity (Wildman–Crippen MR) is 87.5 cm³/mol. The number of unbranched alkanes of at least 4 members (excludes halogenated alkanes) is 1. The molecule has 1 amide bonds. The zero-order valence-corrected chi connectivity index (χ0v) is 14.0. The van der Waals surface area contributed by atoms with E-state index in [1.165, 1.54) is 4.57 Å². The summed E-state index contributed by atoms with van der Waals surface area (Å²) in [6.45, 7) is 4.26. The van der Waals surface area contributed by atoms with Crippen LogP contribution in [0, 0.1) is 0 Å². The highest BCUT2D eigenvalue weighted by Gasteiger charge is 2.23. The van der Waals surface area contributed by atoms with Crippen LogP contribution in [0.1, 0.15) is 46.0 Å². The highest BCUT2D eigenvalue weighted by Crippen LogP contribution is 2.19. The van der Waals surface area contributed by atoms with Crippen LogP contribution in [-0.4, -0.2) is 28.0 Å². The molecule has 9 nitrogen and oxygen atoms in total. The number of hydrogen-bond acceptors (Lipinski definition) is 6. The zero-order valence-electron chi connectivity index (χ0n) is 14.0. The highest BCUT2D eigenvalue weighted by molar-refractivity contribution is 5.96. The molecule has 0 saturated carbocycles. The zero-order chi connectivity index (χ0) is 18.3. The summed E-state index contributed by atoms with van der Waals surface area (Å²) in [6, 6.07) is 0. The number of aliphatic carboxylic acids is 1. The number of rotatable bonds is 9. The molecule has 0 atom stereocenters. The van der Waals surface area contributed by atoms with Crippen LogP contribution in [0.15, 0.2) is 9.59 Å². The molecule has 3 N–H and O–H groups in total. The second-order valence-electron chi connectivity index (χ2n) is 5.42. The van der Waals surface area contributed by atoms with E-state index in [4.69, 9.17) is 5.73 Å². The van der Waals surface area contributed by atoms with Gasteiger partial charge in [0, 0.05) is 25.5 Å². The molecule has 0 bridgehead atoms. The van der Waals surface area contributed by atoms with Gasteiger partial charge in [-0.3, -0.25) is 19.1 Å². The van der Waals surface area contributed by atoms with E-state index in [2.05, 4.69) is 4.98 Å². The molecular formula is C15H23N4O5-. The van der Waals surface area contributed by atoms with E-state index in [0.717, 1.165) is 11.3 Å². The molecule has 0 aliphatic heterocycles. The van der Waals surface area contributed by atoms with Gasteiger partial charge in [-0.2, -0.15) is 0 Å². The van der Waals surface area contributed by atoms with Crippen LogP contribution < -0.4 is 27.0 Å². The summed E-state index contributed by atoms with van der Waals surface area (Å²) in [4.78, 5) is 50.3. The molecule has 0 fully saturated rings. The number of anilines is 2. The minimum Gasteiger partial charge on any atom is -0.550 e. The Hall–Kier alpha value is -2.58. The maximum atomic E-state index is 12.4. The number of carboxylic acid groups (broad SMARTS) is 1. The summed E-state index contributed by atoms with van der Waals surface area (Å²) in [7, 11) is 0. The van der Waals surface area contributed by atoms with E-state index >= 15 is 0 Å². The first-order chi connectivity index (χ1) is 11.3. The molecule has 0 aliphatic rings. The van der Waals surface area contributed by atoms with Gasteiger partial charge in [-0.25, -0.2) is 4.79 Å². The number of nitrogens with one attached hydrogen (secondary N) is 1. The summed E-state index contributed by atoms with van der Waals surface area (Å²) in [5.74, 6) is -1.99. The Morgan fingerprint density at radius 1 is 1.21 bits per heavy atom. The van der Waals surface area contributed by atoms with E-state index in [1.807, 2.05) is 13.8 Å². The monoisotopic (exact) mass is 339 g/mol. The number of nitrogens with two attached hydrogens (primary N) is 1. The van der Waals surface area contributed by atoms with Crippen LogP contribution in [0.2, 0.25) is 0 Å². The van der Waals surface area contributed by atoms with Crippen LogP contribution in [-0.2, 0) is 16.1 Å². The Balaban J connectivity index is 3.33. The Morgan fingerprint density at radius 3 is 2.42 bits per heavy atom. The first-order valence-electron chi connectivity index (χ1n) is 7.96. The number of nitrogen functional groups attached to an aromatic ring is 1. The van der Waals surface area contributed by atoms with E-state index in [1.54, 1.807) is 0 Å². The fourth-order valence-electron chi connectivity index (χ4n) is 2.31. The topological polar surface area (TPSA) is 141 Å². The third-order valence-electron chi connectivity index (χ3n) is 3.51. The average molecular weight is 339 g/mol. The number of aromatic amines is 1. The number of carbonyl (C=O) groups excluding carboxylic acids is 2. The SMILES string of the molecule is CCCCN(C(=O)CCC(=O)[O-])c1c(N)n(CCC)c(=O)[nH]c1=O. The molecule has 1 rings (SSSR count). The van der Waals surface area contributed by atoms with Gasteiger partial charge in [-0.1, -0.05) is 20.3 Å². The lowest BCUT2D eigenvalue weighted by atomic mass is 10.2. The van der Waals surface area contributed by atoms with E-state index in [0.29, 0.717) is 19.4 Å². The molecule has 0 radical (unpaired) electrons. The first-order valence-corrected chi connectivity index (χ1v) is 7.96. The molecule has 0 saturated heterocycles. The van der Waals surface area contributed by atoms with Crippen molar-refractivity contribution in [1.29, 1.82) is 0 Å². The van der Waals surface area contributed by atoms with Crippen molar-refractivity contribution >= 4 is 23.4 Å². The largest absolute Gasteiger partial charge is 0.550 e. The Labute approximate surface area is 139 Å². The highest BCUT2D eigenvalue weighted by atomic mass is 16.4. The van der Waals surface area contributed by atoms with Gasteiger partial charge in [0.15, 0.2) is 5.69 Å². The minimum absolute atomic E-state index is 0.0940. The van der Waals surface area contributed by atoms with Crippen LogP contribution >= 0.6 is 0 Å². The molecule has 1 aromatic rings. The molecule has 0 aliphatic carbocycles. The van der Waals surface area contributed by atoms with Crippen molar-refractivity contribution in [3.05, 3.63) is 20.8 Å². The Bertz CT molecular complexity index is 707. The number of aromatic nitrogens is 2. The van der Waals surface area contributed by atoms with Crippen LogP contribution in [0.4, 0.5) is 11.5 Å². The number of H-pyrrole nitrogens is 1. The maximum absolute atomic E-state index is 12.4. The Kier molecular flexibility index (Phi) is 7.22. The lowest BCUT2D eigenvalue weighted by molar-refractivity contribution is -0.305. The van der Waals surface area contributed by atoms with Crippen molar-refractivity contribution < 1.29 is 14.7 Å². The predicted octanol–water partition coefficient (Wildman–Crippen LogP) is -0.808. The number of carbonyl (C=O) groups is 2. The molecule has 134 valence electrons. The van der Waals surface area contributed by atoms with Crippen molar-refractivity contribution in [2.45, 2.75) is 52.5 Å². The number of hydrogen-bond donors (Lipinski definition) is 2. The van der Waals surface area contributed by atoms with Gasteiger partial charge in [0.1, 0.15) is 5.82 Å². The fourth-order valence-corrected chi connectivity index (χ4v) is 2.31. The smallest absolute Gasteiger partial charge is 0.330 e. The van der Waals surface area contributed by atoms with Gasteiger partial charge in [0.05, 0.1) is 0 Å². The molecular weight excluding hydrogens is 316 g/mol. The summed E-state index contributed by atoms with van der Waals surface area (Å²) < 4.78 is 1.20. The molecule has 1 aromatic heterocycles. The fraction of sp³-hybridized carbons (Fsp3) is 0.600. The van der Waals surface area contributed by atoms with Crippen LogP contribution in [0.25, 0.3) is 0 Å². The molecule has 0 aromatic carbocycles. The lowest BCUT2D eigenvalue weighted by Gasteiger charge is -2.24. The maximum Gasteiger partial charge on any atom is 0.330 e. The average Bonchev–Trinajstić information content (AvgIpc) is 2.52. The summed E-state index contributed by atoms with van der Waals surface area (Å²) in [5.41, 5.74) is 4.45. The third kappa shape index (κ3) is 4.71. The van der Waals surface area contributed by atoms with Crippen molar-refractivity contribution in [3.8, 4) is 0 Å². The normalized spacial score (nSPS) is 10.6. The Morgan fingerprint density at radius 2 is 1.88 bits per heavy atom. The molecule has 0 spiro atoms. The van der Waals surface area contributed by atoms with Crippen molar-refractivity contribution in [3.63, 3.8) is 0 Å². The van der Waals surface area contributed by atoms with Crippen molar-refractivity contribution in [2.75, 3.05) is 17.2 Å². The number of carboxylic acids is 1. The van der Waals surface area contributed by atoms with Gasteiger partial charge >= 0.3 is 5.69 Å². The third-order valence-corrected chi connectivity index (χ3v) is 3.51. The second-order valence-corrected chi connectivity index (χ2v) is 5.42. The summed E-state index contributed by atoms with van der Waals surface area (Å²) >= 11 is 0. The number of nitrogens with zero attached hydrogens (tertiary/aromatic N) is 2. The van der Waals surface area contributed by atoms with Crippen LogP contribution in [0.3, 0.4) is 0 Å². The quantitative estimate of drug-likeness (QED) is 0.603. The van der Waals surface area contributed by atoms with Gasteiger partial charge in [0.25, 0.3) is 5.56 Å². The van der Waals surface area contributed by atoms with Crippen molar-refractivity contribution in [2.24, 2.45) is 0 Å². The van der Waals surface area contributed by atoms with Gasteiger partial charge in [0.2, 0.25) is 5.91 Å². The molecule has 24 heavy (non-hydrogen) atoms. The number of amides is 1. The second kappa shape index (κ2) is 8.90. The lowest BCUT2D eigenvalue weighted by Crippen LogP contribution is -2.42. The molecule has 9 heteroatoms. The van der Waals surface area contributed by atoms with E-state index < -0.39 is 29.5 Å². The molecule has 0 unspecified atom stereocenters. The summed E-state index contributed by atoms with van der Waals surface area (Å²) in [6.07, 6.45) is 1.22. The van der Waals surface area contributed by atoms with Crippen LogP contribution in [0.5, 0.6) is 0 Å². The first kappa shape index (κ1) is 19.5. The molecule has 1 heterocycles.